The van der Waals surface area contributed by atoms with Crippen molar-refractivity contribution in [3.63, 3.8) is 0 Å². The van der Waals surface area contributed by atoms with Gasteiger partial charge in [-0.15, -0.1) is 0 Å². The number of aromatic amines is 2. The van der Waals surface area contributed by atoms with Crippen LogP contribution in [0.25, 0.3) is 28.1 Å². The number of imidazole rings is 2. The van der Waals surface area contributed by atoms with E-state index in [4.69, 9.17) is 4.74 Å². The lowest BCUT2D eigenvalue weighted by Gasteiger charge is -2.07. The highest BCUT2D eigenvalue weighted by Crippen LogP contribution is 2.24. The number of nitrogens with one attached hydrogen (secondary N) is 2. The van der Waals surface area contributed by atoms with Gasteiger partial charge in [0.05, 0.1) is 12.1 Å². The van der Waals surface area contributed by atoms with Gasteiger partial charge in [0.15, 0.2) is 11.3 Å². The molecule has 0 unspecified atom stereocenters. The molecule has 0 atom stereocenters. The summed E-state index contributed by atoms with van der Waals surface area (Å²) in [7, 11) is 1.61. The third-order valence-electron chi connectivity index (χ3n) is 3.79. The molecule has 122 valence electrons. The third-order valence-corrected chi connectivity index (χ3v) is 3.79. The average molecular weight is 326 g/mol. The van der Waals surface area contributed by atoms with Gasteiger partial charge in [0.25, 0.3) is 0 Å². The zero-order valence-corrected chi connectivity index (χ0v) is 13.0. The van der Waals surface area contributed by atoms with Crippen molar-refractivity contribution >= 4 is 22.3 Å². The molecule has 0 aromatic carbocycles. The Morgan fingerprint density at radius 2 is 2.00 bits per heavy atom. The van der Waals surface area contributed by atoms with E-state index in [0.29, 0.717) is 40.5 Å². The summed E-state index contributed by atoms with van der Waals surface area (Å²) >= 11 is 0. The number of hydrogen-bond acceptors (Lipinski definition) is 5. The van der Waals surface area contributed by atoms with Gasteiger partial charge in [0.2, 0.25) is 0 Å². The highest BCUT2D eigenvalue weighted by atomic mass is 16.5. The molecular formula is C15H14N6O3. The normalized spacial score (nSPS) is 11.4. The fraction of sp³-hybridized carbons (Fsp3) is 0.200. The Morgan fingerprint density at radius 1 is 1.17 bits per heavy atom. The molecule has 4 heterocycles. The van der Waals surface area contributed by atoms with Crippen LogP contribution in [0.2, 0.25) is 0 Å². The predicted octanol–water partition coefficient (Wildman–Crippen LogP) is 0.687. The quantitative estimate of drug-likeness (QED) is 0.575. The minimum absolute atomic E-state index is 0.266. The summed E-state index contributed by atoms with van der Waals surface area (Å²) in [5, 5.41) is 0. The van der Waals surface area contributed by atoms with E-state index >= 15 is 0 Å². The Hall–Kier alpha value is -3.36. The Labute approximate surface area is 134 Å². The summed E-state index contributed by atoms with van der Waals surface area (Å²) in [5.41, 5.74) is 1.34. The Kier molecular flexibility index (Phi) is 3.02. The summed E-state index contributed by atoms with van der Waals surface area (Å²) in [4.78, 5) is 38.1. The maximum atomic E-state index is 12.4. The third kappa shape index (κ3) is 1.94. The predicted molar refractivity (Wildman–Crippen MR) is 87.8 cm³/mol. The van der Waals surface area contributed by atoms with Crippen LogP contribution in [0.4, 0.5) is 0 Å². The van der Waals surface area contributed by atoms with Crippen molar-refractivity contribution in [2.45, 2.75) is 6.92 Å². The number of H-pyrrole nitrogens is 2. The molecule has 0 saturated heterocycles. The lowest BCUT2D eigenvalue weighted by Crippen LogP contribution is -2.17. The molecule has 0 fully saturated rings. The largest absolute Gasteiger partial charge is 0.491 e. The minimum Gasteiger partial charge on any atom is -0.491 e. The number of aryl methyl sites for hydroxylation is 1. The van der Waals surface area contributed by atoms with Crippen LogP contribution in [0.5, 0.6) is 5.75 Å². The lowest BCUT2D eigenvalue weighted by atomic mass is 10.3. The second-order valence-electron chi connectivity index (χ2n) is 5.23. The number of hydrogen-bond donors (Lipinski definition) is 2. The second-order valence-corrected chi connectivity index (χ2v) is 5.23. The van der Waals surface area contributed by atoms with Gasteiger partial charge >= 0.3 is 11.4 Å². The van der Waals surface area contributed by atoms with Gasteiger partial charge in [0, 0.05) is 19.3 Å². The van der Waals surface area contributed by atoms with E-state index in [9.17, 15) is 9.59 Å². The standard InChI is InChI=1S/C15H14N6O3/c1-3-24-9-6-7-16-12-11(9)21(15(23)19-12)10-5-4-8-13(18-10)20(2)14(22)17-8/h4-7H,3H2,1-2H3,(H,17,22)(H,16,19,23). The molecule has 0 aliphatic rings. The van der Waals surface area contributed by atoms with Crippen molar-refractivity contribution in [2.75, 3.05) is 6.61 Å². The van der Waals surface area contributed by atoms with Crippen LogP contribution in [0, 0.1) is 0 Å². The Bertz CT molecular complexity index is 1180. The summed E-state index contributed by atoms with van der Waals surface area (Å²) in [6.07, 6.45) is 1.57. The van der Waals surface area contributed by atoms with Crippen LogP contribution in [0.3, 0.4) is 0 Å². The second kappa shape index (κ2) is 5.08. The first kappa shape index (κ1) is 14.2. The molecule has 2 N–H and O–H groups in total. The first-order chi connectivity index (χ1) is 11.6. The zero-order valence-electron chi connectivity index (χ0n) is 13.0. The minimum atomic E-state index is -0.378. The molecule has 24 heavy (non-hydrogen) atoms. The fourth-order valence-corrected chi connectivity index (χ4v) is 2.70. The number of rotatable bonds is 3. The first-order valence-electron chi connectivity index (χ1n) is 7.39. The molecule has 9 heteroatoms. The van der Waals surface area contributed by atoms with Gasteiger partial charge in [-0.2, -0.15) is 0 Å². The molecule has 0 spiro atoms. The van der Waals surface area contributed by atoms with Gasteiger partial charge in [-0.25, -0.2) is 24.1 Å². The Balaban J connectivity index is 2.06. The van der Waals surface area contributed by atoms with E-state index < -0.39 is 0 Å². The topological polar surface area (TPSA) is 111 Å². The van der Waals surface area contributed by atoms with Gasteiger partial charge in [0.1, 0.15) is 17.1 Å². The van der Waals surface area contributed by atoms with Crippen molar-refractivity contribution in [1.82, 2.24) is 29.1 Å². The van der Waals surface area contributed by atoms with Crippen LogP contribution >= 0.6 is 0 Å². The molecule has 0 aliphatic heterocycles. The van der Waals surface area contributed by atoms with E-state index in [0.717, 1.165) is 0 Å². The monoisotopic (exact) mass is 326 g/mol. The summed E-state index contributed by atoms with van der Waals surface area (Å²) in [6, 6.07) is 5.07. The molecule has 4 aromatic heterocycles. The van der Waals surface area contributed by atoms with E-state index in [1.165, 1.54) is 9.13 Å². The van der Waals surface area contributed by atoms with Crippen LogP contribution in [-0.4, -0.2) is 35.7 Å². The molecule has 0 radical (unpaired) electrons. The van der Waals surface area contributed by atoms with E-state index in [1.54, 1.807) is 31.4 Å². The molecule has 0 saturated carbocycles. The lowest BCUT2D eigenvalue weighted by molar-refractivity contribution is 0.343. The highest BCUT2D eigenvalue weighted by molar-refractivity contribution is 5.80. The molecule has 0 bridgehead atoms. The molecular weight excluding hydrogens is 312 g/mol. The van der Waals surface area contributed by atoms with Crippen LogP contribution in [0.15, 0.2) is 34.0 Å². The summed E-state index contributed by atoms with van der Waals surface area (Å²) < 4.78 is 8.38. The number of aromatic nitrogens is 6. The van der Waals surface area contributed by atoms with E-state index in [1.807, 2.05) is 6.92 Å². The van der Waals surface area contributed by atoms with Crippen molar-refractivity contribution in [3.8, 4) is 11.6 Å². The fourth-order valence-electron chi connectivity index (χ4n) is 2.70. The van der Waals surface area contributed by atoms with Gasteiger partial charge < -0.3 is 9.72 Å². The van der Waals surface area contributed by atoms with Crippen molar-refractivity contribution < 1.29 is 4.74 Å². The maximum Gasteiger partial charge on any atom is 0.333 e. The van der Waals surface area contributed by atoms with Crippen molar-refractivity contribution in [2.24, 2.45) is 7.05 Å². The summed E-state index contributed by atoms with van der Waals surface area (Å²) in [5.74, 6) is 0.910. The van der Waals surface area contributed by atoms with Crippen LogP contribution < -0.4 is 16.1 Å². The molecule has 0 aliphatic carbocycles. The van der Waals surface area contributed by atoms with Crippen molar-refractivity contribution in [3.05, 3.63) is 45.4 Å². The summed E-state index contributed by atoms with van der Waals surface area (Å²) in [6.45, 7) is 2.32. The molecule has 9 nitrogen and oxygen atoms in total. The van der Waals surface area contributed by atoms with E-state index in [2.05, 4.69) is 19.9 Å². The zero-order chi connectivity index (χ0) is 16.8. The van der Waals surface area contributed by atoms with Gasteiger partial charge in [-0.3, -0.25) is 9.55 Å². The number of ether oxygens (including phenoxy) is 1. The van der Waals surface area contributed by atoms with Gasteiger partial charge in [-0.1, -0.05) is 0 Å². The first-order valence-corrected chi connectivity index (χ1v) is 7.39. The average Bonchev–Trinajstić information content (AvgIpc) is 3.05. The number of pyridine rings is 2. The van der Waals surface area contributed by atoms with Crippen molar-refractivity contribution in [1.29, 1.82) is 0 Å². The number of fused-ring (bicyclic) bond motifs is 2. The van der Waals surface area contributed by atoms with Crippen LogP contribution in [0.1, 0.15) is 6.92 Å². The van der Waals surface area contributed by atoms with Crippen LogP contribution in [-0.2, 0) is 7.05 Å². The maximum absolute atomic E-state index is 12.4. The van der Waals surface area contributed by atoms with Gasteiger partial charge in [-0.05, 0) is 19.1 Å². The highest BCUT2D eigenvalue weighted by Gasteiger charge is 2.16. The number of nitrogens with zero attached hydrogens (tertiary/aromatic N) is 4. The van der Waals surface area contributed by atoms with E-state index in [-0.39, 0.29) is 11.4 Å². The smallest absolute Gasteiger partial charge is 0.333 e. The SMILES string of the molecule is CCOc1ccnc2[nH]c(=O)n(-c3ccc4[nH]c(=O)n(C)c4n3)c12. The molecule has 0 amide bonds. The molecule has 4 rings (SSSR count). The molecule has 4 aromatic rings. The Morgan fingerprint density at radius 3 is 2.79 bits per heavy atom.